The fraction of sp³-hybridized carbons (Fsp3) is 0.478. The van der Waals surface area contributed by atoms with Crippen molar-refractivity contribution >= 4 is 29.3 Å². The molecule has 0 bridgehead atoms. The summed E-state index contributed by atoms with van der Waals surface area (Å²) in [7, 11) is 3.44. The van der Waals surface area contributed by atoms with Crippen LogP contribution < -0.4 is 4.74 Å². The van der Waals surface area contributed by atoms with E-state index < -0.39 is 11.6 Å². The van der Waals surface area contributed by atoms with E-state index in [2.05, 4.69) is 4.98 Å². The lowest BCUT2D eigenvalue weighted by molar-refractivity contribution is -0.166. The molecule has 1 unspecified atom stereocenters. The quantitative estimate of drug-likeness (QED) is 0.551. The Hall–Kier alpha value is -2.12. The Morgan fingerprint density at radius 2 is 2.16 bits per heavy atom. The number of carbonyl (C=O) groups excluding carboxylic acids is 1. The van der Waals surface area contributed by atoms with Crippen molar-refractivity contribution in [3.63, 3.8) is 0 Å². The number of cyclic esters (lactones) is 1. The van der Waals surface area contributed by atoms with Gasteiger partial charge in [-0.1, -0.05) is 30.5 Å². The van der Waals surface area contributed by atoms with Gasteiger partial charge in [-0.3, -0.25) is 0 Å². The largest absolute Gasteiger partial charge is 0.511 e. The number of ether oxygens (including phenoxy) is 2. The zero-order valence-electron chi connectivity index (χ0n) is 17.8. The highest BCUT2D eigenvalue weighted by Crippen LogP contribution is 2.47. The number of aliphatic hydroxyl groups excluding tert-OH is 1. The summed E-state index contributed by atoms with van der Waals surface area (Å²) in [5.74, 6) is 0.518. The van der Waals surface area contributed by atoms with Crippen LogP contribution >= 0.6 is 23.4 Å². The molecule has 0 spiro atoms. The first-order valence-electron chi connectivity index (χ1n) is 10.5. The number of halogens is 1. The Bertz CT molecular complexity index is 999. The fourth-order valence-electron chi connectivity index (χ4n) is 4.64. The van der Waals surface area contributed by atoms with Crippen molar-refractivity contribution in [2.75, 3.05) is 7.11 Å². The van der Waals surface area contributed by atoms with Crippen molar-refractivity contribution in [3.8, 4) is 5.75 Å². The molecule has 1 aliphatic carbocycles. The van der Waals surface area contributed by atoms with Gasteiger partial charge in [-0.15, -0.1) is 0 Å². The molecule has 1 saturated carbocycles. The van der Waals surface area contributed by atoms with Crippen LogP contribution in [0.15, 0.2) is 46.4 Å². The molecule has 8 heteroatoms. The average Bonchev–Trinajstić information content (AvgIpc) is 3.42. The third-order valence-electron chi connectivity index (χ3n) is 6.33. The second kappa shape index (κ2) is 9.17. The SMILES string of the molecule is COc1ccc(CCC2(C3CCCC3)CC(O)=C(Sc3nccn3C)C(=O)O2)cc1Cl. The zero-order chi connectivity index (χ0) is 22.0. The summed E-state index contributed by atoms with van der Waals surface area (Å²) >= 11 is 7.44. The van der Waals surface area contributed by atoms with Gasteiger partial charge >= 0.3 is 5.97 Å². The molecule has 6 nitrogen and oxygen atoms in total. The van der Waals surface area contributed by atoms with Gasteiger partial charge in [0, 0.05) is 25.9 Å². The minimum absolute atomic E-state index is 0.101. The molecule has 1 N–H and O–H groups in total. The first kappa shape index (κ1) is 22.1. The lowest BCUT2D eigenvalue weighted by Gasteiger charge is -2.41. The summed E-state index contributed by atoms with van der Waals surface area (Å²) in [4.78, 5) is 17.5. The second-order valence-corrected chi connectivity index (χ2v) is 9.66. The number of hydrogen-bond acceptors (Lipinski definition) is 6. The number of aromatic nitrogens is 2. The standard InChI is InChI=1S/C23H27ClN2O4S/c1-26-12-11-25-22(26)31-20-18(27)14-23(30-21(20)28,16-5-3-4-6-16)10-9-15-7-8-19(29-2)17(24)13-15/h7-8,11-13,16,27H,3-6,9-10,14H2,1-2H3. The molecular weight excluding hydrogens is 436 g/mol. The Kier molecular flexibility index (Phi) is 6.53. The van der Waals surface area contributed by atoms with Crippen LogP contribution in [0.4, 0.5) is 0 Å². The van der Waals surface area contributed by atoms with Crippen LogP contribution in [0.3, 0.4) is 0 Å². The third kappa shape index (κ3) is 4.58. The number of hydrogen-bond donors (Lipinski definition) is 1. The molecule has 0 amide bonds. The maximum atomic E-state index is 13.0. The van der Waals surface area contributed by atoms with E-state index in [0.717, 1.165) is 43.0 Å². The lowest BCUT2D eigenvalue weighted by atomic mass is 9.77. The van der Waals surface area contributed by atoms with Crippen LogP contribution in [0.1, 0.15) is 44.1 Å². The van der Waals surface area contributed by atoms with E-state index in [0.29, 0.717) is 35.2 Å². The number of imidazole rings is 1. The topological polar surface area (TPSA) is 73.6 Å². The van der Waals surface area contributed by atoms with Gasteiger partial charge in [-0.25, -0.2) is 9.78 Å². The van der Waals surface area contributed by atoms with Crippen LogP contribution in [-0.2, 0) is 23.0 Å². The van der Waals surface area contributed by atoms with Gasteiger partial charge in [0.2, 0.25) is 0 Å². The van der Waals surface area contributed by atoms with E-state index in [4.69, 9.17) is 21.1 Å². The van der Waals surface area contributed by atoms with Crippen molar-refractivity contribution in [2.45, 2.75) is 55.7 Å². The minimum atomic E-state index is -0.699. The van der Waals surface area contributed by atoms with Gasteiger partial charge in [0.1, 0.15) is 22.0 Å². The Balaban J connectivity index is 1.57. The van der Waals surface area contributed by atoms with Gasteiger partial charge < -0.3 is 19.1 Å². The highest BCUT2D eigenvalue weighted by Gasteiger charge is 2.48. The number of thioether (sulfide) groups is 1. The van der Waals surface area contributed by atoms with Gasteiger partial charge in [-0.2, -0.15) is 0 Å². The van der Waals surface area contributed by atoms with E-state index in [9.17, 15) is 9.90 Å². The molecule has 0 radical (unpaired) electrons. The van der Waals surface area contributed by atoms with Gasteiger partial charge in [0.25, 0.3) is 0 Å². The molecule has 166 valence electrons. The first-order valence-corrected chi connectivity index (χ1v) is 11.7. The fourth-order valence-corrected chi connectivity index (χ4v) is 5.73. The van der Waals surface area contributed by atoms with Crippen LogP contribution in [-0.4, -0.2) is 33.3 Å². The van der Waals surface area contributed by atoms with Crippen LogP contribution in [0, 0.1) is 5.92 Å². The van der Waals surface area contributed by atoms with Crippen molar-refractivity contribution in [3.05, 3.63) is 51.8 Å². The van der Waals surface area contributed by atoms with Crippen molar-refractivity contribution in [1.29, 1.82) is 0 Å². The van der Waals surface area contributed by atoms with E-state index in [1.54, 1.807) is 19.5 Å². The molecule has 0 saturated heterocycles. The minimum Gasteiger partial charge on any atom is -0.511 e. The molecular formula is C23H27ClN2O4S. The maximum absolute atomic E-state index is 13.0. The molecule has 1 aromatic heterocycles. The highest BCUT2D eigenvalue weighted by molar-refractivity contribution is 8.03. The predicted octanol–water partition coefficient (Wildman–Crippen LogP) is 5.45. The Morgan fingerprint density at radius 1 is 1.39 bits per heavy atom. The van der Waals surface area contributed by atoms with E-state index in [1.165, 1.54) is 0 Å². The molecule has 2 aliphatic rings. The predicted molar refractivity (Wildman–Crippen MR) is 120 cm³/mol. The molecule has 2 heterocycles. The number of aryl methyl sites for hydroxylation is 2. The summed E-state index contributed by atoms with van der Waals surface area (Å²) in [5.41, 5.74) is 0.353. The summed E-state index contributed by atoms with van der Waals surface area (Å²) in [5, 5.41) is 12.1. The summed E-state index contributed by atoms with van der Waals surface area (Å²) in [6, 6.07) is 5.73. The van der Waals surface area contributed by atoms with Gasteiger partial charge in [0.05, 0.1) is 12.1 Å². The molecule has 4 rings (SSSR count). The van der Waals surface area contributed by atoms with Crippen LogP contribution in [0.2, 0.25) is 5.02 Å². The summed E-state index contributed by atoms with van der Waals surface area (Å²) < 4.78 is 13.2. The van der Waals surface area contributed by atoms with Crippen molar-refractivity contribution < 1.29 is 19.4 Å². The zero-order valence-corrected chi connectivity index (χ0v) is 19.3. The summed E-state index contributed by atoms with van der Waals surface area (Å²) in [6.07, 6.45) is 9.39. The summed E-state index contributed by atoms with van der Waals surface area (Å²) in [6.45, 7) is 0. The molecule has 2 aromatic rings. The Labute approximate surface area is 191 Å². The van der Waals surface area contributed by atoms with E-state index in [-0.39, 0.29) is 16.6 Å². The second-order valence-electron chi connectivity index (χ2n) is 8.28. The van der Waals surface area contributed by atoms with Crippen LogP contribution in [0.5, 0.6) is 5.75 Å². The lowest BCUT2D eigenvalue weighted by Crippen LogP contribution is -2.45. The number of benzene rings is 1. The number of aliphatic hydroxyl groups is 1. The Morgan fingerprint density at radius 3 is 2.77 bits per heavy atom. The van der Waals surface area contributed by atoms with Gasteiger partial charge in [-0.05, 0) is 61.1 Å². The smallest absolute Gasteiger partial charge is 0.349 e. The van der Waals surface area contributed by atoms with Crippen molar-refractivity contribution in [1.82, 2.24) is 9.55 Å². The average molecular weight is 463 g/mol. The number of nitrogens with zero attached hydrogens (tertiary/aromatic N) is 2. The molecule has 1 aromatic carbocycles. The molecule has 31 heavy (non-hydrogen) atoms. The number of esters is 1. The first-order chi connectivity index (χ1) is 14.9. The van der Waals surface area contributed by atoms with Crippen LogP contribution in [0.25, 0.3) is 0 Å². The molecule has 1 aliphatic heterocycles. The number of rotatable bonds is 7. The van der Waals surface area contributed by atoms with Gasteiger partial charge in [0.15, 0.2) is 5.16 Å². The monoisotopic (exact) mass is 462 g/mol. The third-order valence-corrected chi connectivity index (χ3v) is 7.81. The molecule has 1 fully saturated rings. The number of carbonyl (C=O) groups is 1. The van der Waals surface area contributed by atoms with E-state index in [1.807, 2.05) is 29.8 Å². The maximum Gasteiger partial charge on any atom is 0.349 e. The highest BCUT2D eigenvalue weighted by atomic mass is 35.5. The molecule has 1 atom stereocenters. The van der Waals surface area contributed by atoms with Crippen molar-refractivity contribution in [2.24, 2.45) is 13.0 Å². The van der Waals surface area contributed by atoms with E-state index >= 15 is 0 Å². The normalized spacial score (nSPS) is 22.1. The number of methoxy groups -OCH3 is 1.